The van der Waals surface area contributed by atoms with Crippen molar-refractivity contribution < 1.29 is 9.66 Å². The lowest BCUT2D eigenvalue weighted by Crippen LogP contribution is -2.39. The fourth-order valence-electron chi connectivity index (χ4n) is 2.14. The van der Waals surface area contributed by atoms with Crippen molar-refractivity contribution in [3.8, 4) is 5.75 Å². The maximum Gasteiger partial charge on any atom is 0.269 e. The first-order chi connectivity index (χ1) is 12.2. The lowest BCUT2D eigenvalue weighted by Gasteiger charge is -2.12. The van der Waals surface area contributed by atoms with Gasteiger partial charge in [0.1, 0.15) is 12.4 Å². The van der Waals surface area contributed by atoms with Gasteiger partial charge in [-0.2, -0.15) is 0 Å². The van der Waals surface area contributed by atoms with Crippen LogP contribution < -0.4 is 15.4 Å². The minimum absolute atomic E-state index is 0.0712. The van der Waals surface area contributed by atoms with Crippen molar-refractivity contribution in [2.24, 2.45) is 4.99 Å². The molecule has 0 spiro atoms. The molecule has 2 N–H and O–H groups in total. The zero-order valence-corrected chi connectivity index (χ0v) is 14.1. The van der Waals surface area contributed by atoms with Gasteiger partial charge < -0.3 is 15.4 Å². The Morgan fingerprint density at radius 1 is 1.16 bits per heavy atom. The minimum atomic E-state index is -0.405. The fraction of sp³-hybridized carbons (Fsp3) is 0.278. The average Bonchev–Trinajstić information content (AvgIpc) is 2.64. The van der Waals surface area contributed by atoms with Crippen LogP contribution in [0, 0.1) is 10.1 Å². The van der Waals surface area contributed by atoms with Gasteiger partial charge in [-0.05, 0) is 24.6 Å². The number of nitro benzene ring substituents is 1. The van der Waals surface area contributed by atoms with E-state index >= 15 is 0 Å². The molecule has 0 atom stereocenters. The molecule has 7 heteroatoms. The fourth-order valence-corrected chi connectivity index (χ4v) is 2.14. The first-order valence-corrected chi connectivity index (χ1v) is 8.12. The second kappa shape index (κ2) is 9.92. The SMILES string of the molecule is CCNC(=NCc1cccc([N+](=O)[O-])c1)NCCOc1ccccc1. The van der Waals surface area contributed by atoms with Crippen LogP contribution in [0.1, 0.15) is 12.5 Å². The standard InChI is InChI=1S/C18H22N4O3/c1-2-19-18(20-11-12-25-17-9-4-3-5-10-17)21-14-15-7-6-8-16(13-15)22(23)24/h3-10,13H,2,11-12,14H2,1H3,(H2,19,20,21). The monoisotopic (exact) mass is 342 g/mol. The Bertz CT molecular complexity index is 704. The number of rotatable bonds is 8. The van der Waals surface area contributed by atoms with Gasteiger partial charge in [0.05, 0.1) is 18.0 Å². The zero-order valence-electron chi connectivity index (χ0n) is 14.1. The summed E-state index contributed by atoms with van der Waals surface area (Å²) < 4.78 is 5.62. The predicted molar refractivity (Wildman–Crippen MR) is 97.9 cm³/mol. The lowest BCUT2D eigenvalue weighted by molar-refractivity contribution is -0.384. The second-order valence-electron chi connectivity index (χ2n) is 5.21. The number of nitrogens with zero attached hydrogens (tertiary/aromatic N) is 2. The molecule has 0 bridgehead atoms. The van der Waals surface area contributed by atoms with E-state index in [2.05, 4.69) is 15.6 Å². The summed E-state index contributed by atoms with van der Waals surface area (Å²) in [6.45, 7) is 4.16. The van der Waals surface area contributed by atoms with E-state index in [1.807, 2.05) is 43.3 Å². The van der Waals surface area contributed by atoms with Crippen molar-refractivity contribution >= 4 is 11.6 Å². The number of guanidine groups is 1. The largest absolute Gasteiger partial charge is 0.492 e. The molecule has 0 saturated carbocycles. The summed E-state index contributed by atoms with van der Waals surface area (Å²) in [5.74, 6) is 1.47. The normalized spacial score (nSPS) is 11.0. The molecule has 0 heterocycles. The van der Waals surface area contributed by atoms with E-state index in [1.54, 1.807) is 6.07 Å². The molecular weight excluding hydrogens is 320 g/mol. The van der Waals surface area contributed by atoms with Crippen LogP contribution in [0.3, 0.4) is 0 Å². The van der Waals surface area contributed by atoms with Crippen molar-refractivity contribution in [3.05, 3.63) is 70.3 Å². The second-order valence-corrected chi connectivity index (χ2v) is 5.21. The van der Waals surface area contributed by atoms with Crippen LogP contribution in [-0.4, -0.2) is 30.6 Å². The van der Waals surface area contributed by atoms with Crippen LogP contribution in [0.4, 0.5) is 5.69 Å². The highest BCUT2D eigenvalue weighted by Crippen LogP contribution is 2.13. The first-order valence-electron chi connectivity index (χ1n) is 8.12. The summed E-state index contributed by atoms with van der Waals surface area (Å²) in [6, 6.07) is 16.1. The third-order valence-electron chi connectivity index (χ3n) is 3.29. The molecule has 2 rings (SSSR count). The van der Waals surface area contributed by atoms with Gasteiger partial charge in [0.15, 0.2) is 5.96 Å². The number of hydrogen-bond donors (Lipinski definition) is 2. The number of aliphatic imine (C=N–C) groups is 1. The minimum Gasteiger partial charge on any atom is -0.492 e. The number of hydrogen-bond acceptors (Lipinski definition) is 4. The van der Waals surface area contributed by atoms with Crippen molar-refractivity contribution in [2.45, 2.75) is 13.5 Å². The van der Waals surface area contributed by atoms with Gasteiger partial charge in [-0.1, -0.05) is 30.3 Å². The first kappa shape index (κ1) is 18.3. The highest BCUT2D eigenvalue weighted by molar-refractivity contribution is 5.79. The Morgan fingerprint density at radius 3 is 2.68 bits per heavy atom. The third kappa shape index (κ3) is 6.50. The number of non-ortho nitro benzene ring substituents is 1. The molecule has 2 aromatic carbocycles. The van der Waals surface area contributed by atoms with Crippen molar-refractivity contribution in [2.75, 3.05) is 19.7 Å². The number of nitrogens with one attached hydrogen (secondary N) is 2. The number of benzene rings is 2. The Kier molecular flexibility index (Phi) is 7.24. The van der Waals surface area contributed by atoms with Gasteiger partial charge in [-0.3, -0.25) is 10.1 Å². The van der Waals surface area contributed by atoms with Crippen molar-refractivity contribution in [3.63, 3.8) is 0 Å². The zero-order chi connectivity index (χ0) is 17.9. The molecule has 0 aliphatic heterocycles. The maximum atomic E-state index is 10.8. The Morgan fingerprint density at radius 2 is 1.96 bits per heavy atom. The van der Waals surface area contributed by atoms with Gasteiger partial charge in [0.2, 0.25) is 0 Å². The summed E-state index contributed by atoms with van der Waals surface area (Å²) in [7, 11) is 0. The molecule has 2 aromatic rings. The van der Waals surface area contributed by atoms with Gasteiger partial charge in [-0.15, -0.1) is 0 Å². The summed E-state index contributed by atoms with van der Waals surface area (Å²) in [5, 5.41) is 17.1. The van der Waals surface area contributed by atoms with E-state index < -0.39 is 4.92 Å². The predicted octanol–water partition coefficient (Wildman–Crippen LogP) is 2.73. The molecule has 0 radical (unpaired) electrons. The van der Waals surface area contributed by atoms with Crippen LogP contribution in [0.5, 0.6) is 5.75 Å². The molecule has 132 valence electrons. The molecule has 0 amide bonds. The Balaban J connectivity index is 1.85. The molecule has 25 heavy (non-hydrogen) atoms. The van der Waals surface area contributed by atoms with Gasteiger partial charge in [0.25, 0.3) is 5.69 Å². The van der Waals surface area contributed by atoms with Gasteiger partial charge >= 0.3 is 0 Å². The molecule has 0 unspecified atom stereocenters. The van der Waals surface area contributed by atoms with E-state index in [4.69, 9.17) is 4.74 Å². The Labute approximate surface area is 146 Å². The van der Waals surface area contributed by atoms with Gasteiger partial charge in [0, 0.05) is 18.7 Å². The molecule has 7 nitrogen and oxygen atoms in total. The summed E-state index contributed by atoms with van der Waals surface area (Å²) in [6.07, 6.45) is 0. The van der Waals surface area contributed by atoms with E-state index in [0.717, 1.165) is 17.9 Å². The van der Waals surface area contributed by atoms with E-state index in [1.165, 1.54) is 12.1 Å². The van der Waals surface area contributed by atoms with Crippen molar-refractivity contribution in [1.82, 2.24) is 10.6 Å². The van der Waals surface area contributed by atoms with E-state index in [9.17, 15) is 10.1 Å². The topological polar surface area (TPSA) is 88.8 Å². The summed E-state index contributed by atoms with van der Waals surface area (Å²) in [5.41, 5.74) is 0.855. The van der Waals surface area contributed by atoms with Gasteiger partial charge in [-0.25, -0.2) is 4.99 Å². The smallest absolute Gasteiger partial charge is 0.269 e. The van der Waals surface area contributed by atoms with Crippen LogP contribution >= 0.6 is 0 Å². The summed E-state index contributed by atoms with van der Waals surface area (Å²) in [4.78, 5) is 14.9. The number of ether oxygens (including phenoxy) is 1. The van der Waals surface area contributed by atoms with Crippen LogP contribution in [0.2, 0.25) is 0 Å². The summed E-state index contributed by atoms with van der Waals surface area (Å²) >= 11 is 0. The highest BCUT2D eigenvalue weighted by atomic mass is 16.6. The average molecular weight is 342 g/mol. The maximum absolute atomic E-state index is 10.8. The number of para-hydroxylation sites is 1. The molecule has 0 aliphatic carbocycles. The van der Waals surface area contributed by atoms with Crippen LogP contribution in [0.15, 0.2) is 59.6 Å². The van der Waals surface area contributed by atoms with Crippen LogP contribution in [-0.2, 0) is 6.54 Å². The number of nitro groups is 1. The molecule has 0 fully saturated rings. The van der Waals surface area contributed by atoms with Crippen LogP contribution in [0.25, 0.3) is 0 Å². The molecular formula is C18H22N4O3. The van der Waals surface area contributed by atoms with E-state index in [-0.39, 0.29) is 5.69 Å². The molecule has 0 aliphatic rings. The molecule has 0 aromatic heterocycles. The quantitative estimate of drug-likeness (QED) is 0.253. The molecule has 0 saturated heterocycles. The van der Waals surface area contributed by atoms with Crippen molar-refractivity contribution in [1.29, 1.82) is 0 Å². The van der Waals surface area contributed by atoms with E-state index in [0.29, 0.717) is 25.7 Å². The highest BCUT2D eigenvalue weighted by Gasteiger charge is 2.05. The lowest BCUT2D eigenvalue weighted by atomic mass is 10.2. The Hall–Kier alpha value is -3.09. The third-order valence-corrected chi connectivity index (χ3v) is 3.29.